The van der Waals surface area contributed by atoms with Gasteiger partial charge in [0.05, 0.1) is 5.02 Å². The number of hydrogen-bond donors (Lipinski definition) is 1. The fourth-order valence-electron chi connectivity index (χ4n) is 1.31. The summed E-state index contributed by atoms with van der Waals surface area (Å²) in [5, 5.41) is 5.99. The van der Waals surface area contributed by atoms with E-state index in [0.29, 0.717) is 0 Å². The summed E-state index contributed by atoms with van der Waals surface area (Å²) in [5.41, 5.74) is 0. The maximum Gasteiger partial charge on any atom is 0.0516 e. The molecule has 0 aliphatic carbocycles. The van der Waals surface area contributed by atoms with Crippen molar-refractivity contribution in [2.75, 3.05) is 27.2 Å². The van der Waals surface area contributed by atoms with Crippen LogP contribution in [-0.4, -0.2) is 32.1 Å². The van der Waals surface area contributed by atoms with Crippen LogP contribution in [0.15, 0.2) is 11.4 Å². The van der Waals surface area contributed by atoms with Gasteiger partial charge in [0.2, 0.25) is 0 Å². The molecule has 0 bridgehead atoms. The minimum Gasteiger partial charge on any atom is -0.320 e. The van der Waals surface area contributed by atoms with Crippen LogP contribution in [0.4, 0.5) is 0 Å². The lowest BCUT2D eigenvalue weighted by atomic mass is 10.3. The molecule has 0 amide bonds. The third kappa shape index (κ3) is 4.42. The van der Waals surface area contributed by atoms with Gasteiger partial charge in [0.25, 0.3) is 0 Å². The van der Waals surface area contributed by atoms with Crippen LogP contribution in [-0.2, 0) is 6.54 Å². The van der Waals surface area contributed by atoms with Crippen LogP contribution in [0, 0.1) is 0 Å². The Labute approximate surface area is 94.9 Å². The largest absolute Gasteiger partial charge is 0.320 e. The van der Waals surface area contributed by atoms with Gasteiger partial charge < -0.3 is 10.2 Å². The van der Waals surface area contributed by atoms with Crippen molar-refractivity contribution in [3.63, 3.8) is 0 Å². The molecule has 4 heteroatoms. The first-order chi connectivity index (χ1) is 6.72. The molecule has 1 heterocycles. The summed E-state index contributed by atoms with van der Waals surface area (Å²) >= 11 is 7.58. The zero-order valence-electron chi connectivity index (χ0n) is 8.72. The van der Waals surface area contributed by atoms with Gasteiger partial charge in [-0.15, -0.1) is 11.3 Å². The van der Waals surface area contributed by atoms with Crippen molar-refractivity contribution in [2.24, 2.45) is 0 Å². The highest BCUT2D eigenvalue weighted by Crippen LogP contribution is 2.20. The maximum atomic E-state index is 5.85. The molecule has 0 fully saturated rings. The summed E-state index contributed by atoms with van der Waals surface area (Å²) in [4.78, 5) is 3.65. The molecule has 2 nitrogen and oxygen atoms in total. The maximum absolute atomic E-state index is 5.85. The first-order valence-electron chi connectivity index (χ1n) is 4.78. The smallest absolute Gasteiger partial charge is 0.0516 e. The highest BCUT2D eigenvalue weighted by atomic mass is 35.5. The predicted octanol–water partition coefficient (Wildman–Crippen LogP) is 2.44. The van der Waals surface area contributed by atoms with E-state index in [0.717, 1.165) is 24.7 Å². The van der Waals surface area contributed by atoms with Crippen LogP contribution in [0.3, 0.4) is 0 Å². The van der Waals surface area contributed by atoms with E-state index >= 15 is 0 Å². The van der Waals surface area contributed by atoms with Crippen LogP contribution < -0.4 is 5.32 Å². The van der Waals surface area contributed by atoms with Gasteiger partial charge in [-0.3, -0.25) is 0 Å². The van der Waals surface area contributed by atoms with Crippen LogP contribution in [0.25, 0.3) is 0 Å². The molecule has 0 atom stereocenters. The van der Waals surface area contributed by atoms with Gasteiger partial charge in [0.1, 0.15) is 0 Å². The van der Waals surface area contributed by atoms with E-state index in [9.17, 15) is 0 Å². The molecule has 0 spiro atoms. The van der Waals surface area contributed by atoms with Gasteiger partial charge >= 0.3 is 0 Å². The summed E-state index contributed by atoms with van der Waals surface area (Å²) in [6.45, 7) is 3.20. The topological polar surface area (TPSA) is 15.3 Å². The van der Waals surface area contributed by atoms with Gasteiger partial charge in [-0.25, -0.2) is 0 Å². The van der Waals surface area contributed by atoms with E-state index in [4.69, 9.17) is 11.6 Å². The number of rotatable bonds is 6. The second kappa shape index (κ2) is 6.40. The molecule has 14 heavy (non-hydrogen) atoms. The molecule has 0 aliphatic heterocycles. The summed E-state index contributed by atoms with van der Waals surface area (Å²) in [6.07, 6.45) is 1.19. The van der Waals surface area contributed by atoms with Crippen molar-refractivity contribution in [3.8, 4) is 0 Å². The lowest BCUT2D eigenvalue weighted by Crippen LogP contribution is -2.21. The zero-order chi connectivity index (χ0) is 10.4. The molecule has 80 valence electrons. The van der Waals surface area contributed by atoms with Gasteiger partial charge in [0.15, 0.2) is 0 Å². The summed E-state index contributed by atoms with van der Waals surface area (Å²) in [7, 11) is 4.13. The zero-order valence-corrected chi connectivity index (χ0v) is 10.3. The Bertz CT molecular complexity index is 262. The minimum absolute atomic E-state index is 0.855. The summed E-state index contributed by atoms with van der Waals surface area (Å²) in [6, 6.07) is 2.04. The predicted molar refractivity (Wildman–Crippen MR) is 64.2 cm³/mol. The number of halogens is 1. The first-order valence-corrected chi connectivity index (χ1v) is 6.04. The quantitative estimate of drug-likeness (QED) is 0.758. The van der Waals surface area contributed by atoms with Crippen LogP contribution >= 0.6 is 22.9 Å². The monoisotopic (exact) mass is 232 g/mol. The van der Waals surface area contributed by atoms with Crippen molar-refractivity contribution in [1.29, 1.82) is 0 Å². The third-order valence-corrected chi connectivity index (χ3v) is 3.28. The van der Waals surface area contributed by atoms with Crippen molar-refractivity contribution in [3.05, 3.63) is 21.3 Å². The molecule has 1 rings (SSSR count). The first kappa shape index (κ1) is 12.0. The van der Waals surface area contributed by atoms with Gasteiger partial charge in [-0.2, -0.15) is 0 Å². The number of hydrogen-bond acceptors (Lipinski definition) is 3. The Hall–Kier alpha value is -0.0900. The molecular formula is C10H17ClN2S. The fourth-order valence-corrected chi connectivity index (χ4v) is 2.46. The van der Waals surface area contributed by atoms with E-state index < -0.39 is 0 Å². The van der Waals surface area contributed by atoms with Crippen molar-refractivity contribution >= 4 is 22.9 Å². The van der Waals surface area contributed by atoms with Crippen LogP contribution in [0.5, 0.6) is 0 Å². The Kier molecular flexibility index (Phi) is 5.48. The SMILES string of the molecule is CNCCCN(C)Cc1cc(Cl)cs1. The van der Waals surface area contributed by atoms with Crippen LogP contribution in [0.1, 0.15) is 11.3 Å². The Morgan fingerprint density at radius 2 is 2.36 bits per heavy atom. The Morgan fingerprint density at radius 1 is 1.57 bits per heavy atom. The lowest BCUT2D eigenvalue weighted by Gasteiger charge is -2.14. The van der Waals surface area contributed by atoms with E-state index in [1.54, 1.807) is 11.3 Å². The molecular weight excluding hydrogens is 216 g/mol. The molecule has 1 N–H and O–H groups in total. The van der Waals surface area contributed by atoms with E-state index in [1.807, 2.05) is 18.5 Å². The van der Waals surface area contributed by atoms with Gasteiger partial charge in [-0.05, 0) is 39.7 Å². The fraction of sp³-hybridized carbons (Fsp3) is 0.600. The molecule has 0 unspecified atom stereocenters. The summed E-state index contributed by atoms with van der Waals surface area (Å²) < 4.78 is 0. The molecule has 0 radical (unpaired) electrons. The number of nitrogens with zero attached hydrogens (tertiary/aromatic N) is 1. The standard InChI is InChI=1S/C10H17ClN2S/c1-12-4-3-5-13(2)7-10-6-9(11)8-14-10/h6,8,12H,3-5,7H2,1-2H3. The second-order valence-electron chi connectivity index (χ2n) is 3.43. The minimum atomic E-state index is 0.855. The lowest BCUT2D eigenvalue weighted by molar-refractivity contribution is 0.324. The average Bonchev–Trinajstić information content (AvgIpc) is 2.52. The van der Waals surface area contributed by atoms with Crippen molar-refractivity contribution in [1.82, 2.24) is 10.2 Å². The van der Waals surface area contributed by atoms with E-state index in [-0.39, 0.29) is 0 Å². The Balaban J connectivity index is 2.23. The number of nitrogens with one attached hydrogen (secondary N) is 1. The molecule has 1 aromatic heterocycles. The van der Waals surface area contributed by atoms with Crippen LogP contribution in [0.2, 0.25) is 5.02 Å². The van der Waals surface area contributed by atoms with Crippen molar-refractivity contribution in [2.45, 2.75) is 13.0 Å². The highest BCUT2D eigenvalue weighted by Gasteiger charge is 2.02. The second-order valence-corrected chi connectivity index (χ2v) is 4.86. The molecule has 0 aromatic carbocycles. The van der Waals surface area contributed by atoms with Gasteiger partial charge in [0, 0.05) is 16.8 Å². The van der Waals surface area contributed by atoms with E-state index in [2.05, 4.69) is 17.3 Å². The van der Waals surface area contributed by atoms with Crippen molar-refractivity contribution < 1.29 is 0 Å². The molecule has 0 saturated heterocycles. The number of thiophene rings is 1. The normalized spacial score (nSPS) is 11.1. The highest BCUT2D eigenvalue weighted by molar-refractivity contribution is 7.10. The summed E-state index contributed by atoms with van der Waals surface area (Å²) in [5.74, 6) is 0. The van der Waals surface area contributed by atoms with E-state index in [1.165, 1.54) is 11.3 Å². The average molecular weight is 233 g/mol. The molecule has 1 aromatic rings. The molecule has 0 aliphatic rings. The third-order valence-electron chi connectivity index (χ3n) is 2.01. The van der Waals surface area contributed by atoms with Gasteiger partial charge in [-0.1, -0.05) is 11.6 Å². The molecule has 0 saturated carbocycles. The Morgan fingerprint density at radius 3 is 2.93 bits per heavy atom.